The van der Waals surface area contributed by atoms with Gasteiger partial charge in [-0.3, -0.25) is 0 Å². The Labute approximate surface area is 179 Å². The summed E-state index contributed by atoms with van der Waals surface area (Å²) < 4.78 is 0. The molecule has 0 bridgehead atoms. The zero-order chi connectivity index (χ0) is 22.8. The number of hydrogen-bond acceptors (Lipinski definition) is 14. The average molecular weight is 454 g/mol. The number of carboxylic acid groups (broad SMARTS) is 2. The quantitative estimate of drug-likeness (QED) is 0.209. The molecule has 0 saturated carbocycles. The molecule has 0 saturated heterocycles. The van der Waals surface area contributed by atoms with Crippen LogP contribution in [0.4, 0.5) is 35.7 Å². The first-order valence-electron chi connectivity index (χ1n) is 7.66. The Bertz CT molecular complexity index is 850. The fraction of sp³-hybridized carbons (Fsp3) is 0. The predicted octanol–water partition coefficient (Wildman–Crippen LogP) is -7.16. The Morgan fingerprint density at radius 2 is 0.812 bits per heavy atom. The van der Waals surface area contributed by atoms with Crippen molar-refractivity contribution in [2.24, 2.45) is 0 Å². The number of nitrogens with one attached hydrogen (secondary N) is 2. The highest BCUT2D eigenvalue weighted by Crippen LogP contribution is 2.02. The third-order valence-corrected chi connectivity index (χ3v) is 2.81. The van der Waals surface area contributed by atoms with E-state index in [9.17, 15) is 19.8 Å². The van der Waals surface area contributed by atoms with Gasteiger partial charge in [-0.25, -0.2) is 9.97 Å². The van der Waals surface area contributed by atoms with Gasteiger partial charge in [-0.1, -0.05) is 44.2 Å². The van der Waals surface area contributed by atoms with Gasteiger partial charge in [0.1, 0.15) is 0 Å². The van der Waals surface area contributed by atoms with Crippen LogP contribution in [0.1, 0.15) is 20.7 Å². The number of nitrogen functional groups attached to an aromatic ring is 6. The molecule has 0 atom stereocenters. The molecule has 174 valence electrons. The number of rotatable bonds is 2. The molecule has 2 heterocycles. The molecular weight excluding hydrogens is 432 g/mol. The second kappa shape index (κ2) is 13.2. The van der Waals surface area contributed by atoms with E-state index < -0.39 is 11.9 Å². The van der Waals surface area contributed by atoms with Gasteiger partial charge in [0, 0.05) is 0 Å². The molecule has 0 fully saturated rings. The number of carboxylic acids is 2. The van der Waals surface area contributed by atoms with Crippen LogP contribution in [0.5, 0.6) is 0 Å². The highest BCUT2D eigenvalue weighted by molar-refractivity contribution is 5.89. The molecule has 1 aromatic carbocycles. The van der Waals surface area contributed by atoms with Crippen LogP contribution in [-0.4, -0.2) is 42.8 Å². The van der Waals surface area contributed by atoms with Crippen molar-refractivity contribution in [3.05, 3.63) is 35.4 Å². The van der Waals surface area contributed by atoms with Crippen molar-refractivity contribution in [1.82, 2.24) is 19.9 Å². The molecule has 3 rings (SSSR count). The van der Waals surface area contributed by atoms with Crippen LogP contribution >= 0.6 is 0 Å². The first-order valence-corrected chi connectivity index (χ1v) is 7.66. The maximum absolute atomic E-state index is 10.2. The number of nitrogens with two attached hydrogens (primary N) is 6. The highest BCUT2D eigenvalue weighted by atomic mass is 16.4. The first kappa shape index (κ1) is 29.1. The molecular formula is C14H22N12O6. The Balaban J connectivity index is 0. The number of nitrogens with zero attached hydrogens (tertiary/aromatic N) is 4. The van der Waals surface area contributed by atoms with E-state index >= 15 is 0 Å². The van der Waals surface area contributed by atoms with Crippen molar-refractivity contribution in [2.45, 2.75) is 0 Å². The van der Waals surface area contributed by atoms with Gasteiger partial charge in [0.15, 0.2) is 0 Å². The maximum atomic E-state index is 10.2. The molecule has 0 aliphatic rings. The number of anilines is 6. The molecule has 3 aromatic rings. The summed E-state index contributed by atoms with van der Waals surface area (Å²) in [5.41, 5.74) is 31.0. The van der Waals surface area contributed by atoms with E-state index in [-0.39, 0.29) is 57.8 Å². The summed E-state index contributed by atoms with van der Waals surface area (Å²) in [6.07, 6.45) is 0. The summed E-state index contributed by atoms with van der Waals surface area (Å²) >= 11 is 0. The molecule has 2 aromatic heterocycles. The second-order valence-electron chi connectivity index (χ2n) is 5.11. The summed E-state index contributed by atoms with van der Waals surface area (Å²) in [6, 6.07) is 4.61. The van der Waals surface area contributed by atoms with Crippen LogP contribution in [0, 0.1) is 0 Å². The molecule has 0 radical (unpaired) electrons. The van der Waals surface area contributed by atoms with Gasteiger partial charge in [-0.2, -0.15) is 0 Å². The second-order valence-corrected chi connectivity index (χ2v) is 5.11. The van der Waals surface area contributed by atoms with E-state index in [2.05, 4.69) is 29.9 Å². The van der Waals surface area contributed by atoms with Crippen molar-refractivity contribution in [1.29, 1.82) is 0 Å². The molecule has 32 heavy (non-hydrogen) atoms. The van der Waals surface area contributed by atoms with Crippen molar-refractivity contribution in [3.8, 4) is 0 Å². The third kappa shape index (κ3) is 10.4. The molecule has 0 spiro atoms. The minimum absolute atomic E-state index is 0. The minimum atomic E-state index is -1.33. The van der Waals surface area contributed by atoms with Crippen LogP contribution in [0.15, 0.2) is 24.3 Å². The van der Waals surface area contributed by atoms with Crippen LogP contribution in [0.3, 0.4) is 0 Å². The molecule has 18 nitrogen and oxygen atoms in total. The number of aromatic nitrogens is 6. The van der Waals surface area contributed by atoms with Gasteiger partial charge >= 0.3 is 35.7 Å². The zero-order valence-electron chi connectivity index (χ0n) is 16.2. The number of aromatic amines is 2. The molecule has 18 N–H and O–H groups in total. The Morgan fingerprint density at radius 3 is 0.969 bits per heavy atom. The largest absolute Gasteiger partial charge is 0.545 e. The fourth-order valence-corrected chi connectivity index (χ4v) is 1.66. The predicted molar refractivity (Wildman–Crippen MR) is 106 cm³/mol. The maximum Gasteiger partial charge on any atom is 0.320 e. The van der Waals surface area contributed by atoms with Crippen molar-refractivity contribution in [2.75, 3.05) is 34.4 Å². The van der Waals surface area contributed by atoms with Gasteiger partial charge in [-0.05, 0) is 11.1 Å². The number of aromatic carboxylic acids is 2. The molecule has 0 amide bonds. The Morgan fingerprint density at radius 1 is 0.594 bits per heavy atom. The summed E-state index contributed by atoms with van der Waals surface area (Å²) in [6.45, 7) is 0. The Hall–Kier alpha value is -5.10. The van der Waals surface area contributed by atoms with E-state index in [1.54, 1.807) is 0 Å². The van der Waals surface area contributed by atoms with E-state index in [4.69, 9.17) is 34.4 Å². The normalized spacial score (nSPS) is 8.75. The number of H-pyrrole nitrogens is 2. The van der Waals surface area contributed by atoms with Crippen LogP contribution in [0.25, 0.3) is 0 Å². The number of carbonyl (C=O) groups excluding carboxylic acids is 2. The summed E-state index contributed by atoms with van der Waals surface area (Å²) in [5.74, 6) is -1.85. The summed E-state index contributed by atoms with van der Waals surface area (Å²) in [5, 5.41) is 20.4. The molecule has 0 aliphatic heterocycles. The topological polar surface area (TPSA) is 379 Å². The fourth-order valence-electron chi connectivity index (χ4n) is 1.66. The van der Waals surface area contributed by atoms with E-state index in [0.29, 0.717) is 0 Å². The van der Waals surface area contributed by atoms with Gasteiger partial charge in [0.25, 0.3) is 0 Å². The monoisotopic (exact) mass is 454 g/mol. The number of carbonyl (C=O) groups is 2. The van der Waals surface area contributed by atoms with E-state index in [1.807, 2.05) is 0 Å². The number of hydrogen-bond donors (Lipinski definition) is 6. The van der Waals surface area contributed by atoms with E-state index in [1.165, 1.54) is 0 Å². The van der Waals surface area contributed by atoms with Gasteiger partial charge in [-0.15, -0.1) is 0 Å². The van der Waals surface area contributed by atoms with Crippen molar-refractivity contribution in [3.63, 3.8) is 0 Å². The highest BCUT2D eigenvalue weighted by Gasteiger charge is 2.02. The molecule has 0 unspecified atom stereocenters. The summed E-state index contributed by atoms with van der Waals surface area (Å²) in [7, 11) is 0. The lowest BCUT2D eigenvalue weighted by Gasteiger charge is -2.04. The standard InChI is InChI=1S/C8H6O4.2C3H6N6.2H2O/c9-7(10)5-1-2-6(4-3-5)8(11)12;2*4-1-7-2(5)9-3(6)8-1;;/h1-4H,(H,9,10)(H,11,12);2*(H6,4,5,6,7,8,9);2*1H2. The lowest BCUT2D eigenvalue weighted by atomic mass is 10.1. The van der Waals surface area contributed by atoms with Crippen LogP contribution in [-0.2, 0) is 0 Å². The third-order valence-electron chi connectivity index (χ3n) is 2.81. The number of benzene rings is 1. The lowest BCUT2D eigenvalue weighted by Crippen LogP contribution is -2.24. The molecule has 0 aliphatic carbocycles. The van der Waals surface area contributed by atoms with Crippen LogP contribution in [0.2, 0.25) is 0 Å². The van der Waals surface area contributed by atoms with Gasteiger partial charge in [0.2, 0.25) is 0 Å². The average Bonchev–Trinajstić information content (AvgIpc) is 2.60. The first-order chi connectivity index (χ1) is 14.0. The lowest BCUT2D eigenvalue weighted by molar-refractivity contribution is -0.351. The minimum Gasteiger partial charge on any atom is -0.545 e. The van der Waals surface area contributed by atoms with E-state index in [0.717, 1.165) is 24.3 Å². The van der Waals surface area contributed by atoms with Crippen molar-refractivity contribution >= 4 is 47.6 Å². The van der Waals surface area contributed by atoms with Crippen molar-refractivity contribution < 1.29 is 40.7 Å². The Kier molecular flexibility index (Phi) is 12.0. The van der Waals surface area contributed by atoms with Gasteiger partial charge < -0.3 is 65.2 Å². The summed E-state index contributed by atoms with van der Waals surface area (Å²) in [4.78, 5) is 39.5. The SMILES string of the molecule is Nc1nc(N)[nH+]c(N)n1.Nc1nc(N)[nH+]c(N)n1.O.O.O=C([O-])c1ccc(C(=O)[O-])cc1. The van der Waals surface area contributed by atoms with Gasteiger partial charge in [0.05, 0.1) is 11.9 Å². The molecule has 18 heteroatoms. The smallest absolute Gasteiger partial charge is 0.320 e. The zero-order valence-corrected chi connectivity index (χ0v) is 16.2. The van der Waals surface area contributed by atoms with Crippen LogP contribution < -0.4 is 54.6 Å².